The van der Waals surface area contributed by atoms with Gasteiger partial charge in [0.25, 0.3) is 5.56 Å². The minimum Gasteiger partial charge on any atom is -0.369 e. The molecule has 2 N–H and O–H groups in total. The first kappa shape index (κ1) is 12.1. The van der Waals surface area contributed by atoms with Gasteiger partial charge < -0.3 is 14.9 Å². The van der Waals surface area contributed by atoms with Gasteiger partial charge in [-0.3, -0.25) is 4.79 Å². The Morgan fingerprint density at radius 1 is 1.53 bits per heavy atom. The van der Waals surface area contributed by atoms with Crippen molar-refractivity contribution >= 4 is 28.4 Å². The number of anilines is 1. The van der Waals surface area contributed by atoms with E-state index >= 15 is 0 Å². The van der Waals surface area contributed by atoms with Crippen molar-refractivity contribution in [1.29, 1.82) is 0 Å². The number of rotatable bonds is 4. The fraction of sp³-hybridized carbons (Fsp3) is 0.300. The lowest BCUT2D eigenvalue weighted by atomic mass is 10.4. The van der Waals surface area contributed by atoms with Gasteiger partial charge in [-0.2, -0.15) is 0 Å². The first-order valence-electron chi connectivity index (χ1n) is 5.11. The summed E-state index contributed by atoms with van der Waals surface area (Å²) in [5.74, 6) is 1.61. The first-order valence-corrected chi connectivity index (χ1v) is 6.19. The molecule has 0 fully saturated rings. The van der Waals surface area contributed by atoms with Crippen LogP contribution in [0.4, 0.5) is 5.82 Å². The van der Waals surface area contributed by atoms with E-state index in [1.54, 1.807) is 6.20 Å². The van der Waals surface area contributed by atoms with E-state index in [1.165, 1.54) is 6.33 Å². The summed E-state index contributed by atoms with van der Waals surface area (Å²) in [4.78, 5) is 22.1. The van der Waals surface area contributed by atoms with Crippen LogP contribution >= 0.6 is 22.6 Å². The van der Waals surface area contributed by atoms with Crippen LogP contribution in [-0.4, -0.2) is 26.1 Å². The van der Waals surface area contributed by atoms with Crippen LogP contribution in [0, 0.1) is 3.57 Å². The Hall–Kier alpha value is -1.38. The van der Waals surface area contributed by atoms with Gasteiger partial charge in [-0.05, 0) is 22.6 Å². The average Bonchev–Trinajstić information content (AvgIpc) is 2.71. The summed E-state index contributed by atoms with van der Waals surface area (Å²) < 4.78 is 2.54. The number of halogens is 1. The molecule has 0 aliphatic carbocycles. The predicted molar refractivity (Wildman–Crippen MR) is 73.0 cm³/mol. The van der Waals surface area contributed by atoms with Crippen LogP contribution in [0.1, 0.15) is 5.82 Å². The Bertz CT molecular complexity index is 562. The summed E-state index contributed by atoms with van der Waals surface area (Å²) in [6.45, 7) is 0.692. The zero-order chi connectivity index (χ0) is 12.3. The summed E-state index contributed by atoms with van der Waals surface area (Å²) in [6, 6.07) is 0. The lowest BCUT2D eigenvalue weighted by molar-refractivity contribution is 0.788. The van der Waals surface area contributed by atoms with Crippen LogP contribution in [0.3, 0.4) is 0 Å². The Labute approximate surface area is 112 Å². The topological polar surface area (TPSA) is 75.6 Å². The van der Waals surface area contributed by atoms with E-state index < -0.39 is 0 Å². The third-order valence-corrected chi connectivity index (χ3v) is 3.36. The van der Waals surface area contributed by atoms with Gasteiger partial charge in [0, 0.05) is 32.4 Å². The number of nitrogens with one attached hydrogen (secondary N) is 2. The fourth-order valence-electron chi connectivity index (χ4n) is 1.44. The second-order valence-corrected chi connectivity index (χ2v) is 4.60. The molecule has 2 heterocycles. The van der Waals surface area contributed by atoms with Crippen molar-refractivity contribution in [2.24, 2.45) is 7.05 Å². The molecule has 2 aromatic rings. The molecular weight excluding hydrogens is 333 g/mol. The largest absolute Gasteiger partial charge is 0.369 e. The fourth-order valence-corrected chi connectivity index (χ4v) is 1.92. The predicted octanol–water partition coefficient (Wildman–Crippen LogP) is 0.763. The minimum atomic E-state index is -0.125. The van der Waals surface area contributed by atoms with Crippen molar-refractivity contribution in [3.8, 4) is 0 Å². The molecule has 0 saturated heterocycles. The molecule has 0 aliphatic rings. The van der Waals surface area contributed by atoms with Crippen molar-refractivity contribution in [2.75, 3.05) is 11.9 Å². The van der Waals surface area contributed by atoms with E-state index in [2.05, 4.69) is 20.3 Å². The molecule has 0 unspecified atom stereocenters. The highest BCUT2D eigenvalue weighted by Crippen LogP contribution is 2.08. The molecule has 90 valence electrons. The van der Waals surface area contributed by atoms with Gasteiger partial charge in [-0.1, -0.05) is 0 Å². The molecule has 6 nitrogen and oxygen atoms in total. The highest BCUT2D eigenvalue weighted by atomic mass is 127. The maximum Gasteiger partial charge on any atom is 0.266 e. The lowest BCUT2D eigenvalue weighted by Crippen LogP contribution is -2.16. The van der Waals surface area contributed by atoms with Crippen molar-refractivity contribution in [2.45, 2.75) is 6.42 Å². The monoisotopic (exact) mass is 345 g/mol. The molecule has 0 spiro atoms. The average molecular weight is 345 g/mol. The van der Waals surface area contributed by atoms with Gasteiger partial charge in [-0.25, -0.2) is 9.97 Å². The van der Waals surface area contributed by atoms with Gasteiger partial charge in [0.2, 0.25) is 0 Å². The Morgan fingerprint density at radius 3 is 3.06 bits per heavy atom. The van der Waals surface area contributed by atoms with E-state index in [0.717, 1.165) is 12.2 Å². The SMILES string of the molecule is Cn1ccnc1CCNc1nc[nH]c(=O)c1I. The zero-order valence-electron chi connectivity index (χ0n) is 9.27. The maximum absolute atomic E-state index is 11.3. The van der Waals surface area contributed by atoms with Gasteiger partial charge in [0.1, 0.15) is 15.2 Å². The van der Waals surface area contributed by atoms with Crippen molar-refractivity contribution in [1.82, 2.24) is 19.5 Å². The summed E-state index contributed by atoms with van der Waals surface area (Å²) in [5.41, 5.74) is -0.125. The molecule has 2 aromatic heterocycles. The van der Waals surface area contributed by atoms with E-state index in [9.17, 15) is 4.79 Å². The second kappa shape index (κ2) is 5.30. The minimum absolute atomic E-state index is 0.125. The van der Waals surface area contributed by atoms with Crippen LogP contribution in [-0.2, 0) is 13.5 Å². The Morgan fingerprint density at radius 2 is 2.35 bits per heavy atom. The number of hydrogen-bond acceptors (Lipinski definition) is 4. The van der Waals surface area contributed by atoms with Crippen LogP contribution < -0.4 is 10.9 Å². The third-order valence-electron chi connectivity index (χ3n) is 2.36. The number of aryl methyl sites for hydroxylation is 1. The van der Waals surface area contributed by atoms with E-state index in [0.29, 0.717) is 15.9 Å². The smallest absolute Gasteiger partial charge is 0.266 e. The first-order chi connectivity index (χ1) is 8.18. The quantitative estimate of drug-likeness (QED) is 0.803. The molecule has 2 rings (SSSR count). The normalized spacial score (nSPS) is 10.5. The summed E-state index contributed by atoms with van der Waals surface area (Å²) in [5, 5.41) is 3.13. The molecule has 17 heavy (non-hydrogen) atoms. The molecule has 0 amide bonds. The molecule has 0 aromatic carbocycles. The van der Waals surface area contributed by atoms with Crippen LogP contribution in [0.2, 0.25) is 0 Å². The standard InChI is InChI=1S/C10H12IN5O/c1-16-5-4-12-7(16)2-3-13-9-8(11)10(17)15-6-14-9/h4-6H,2-3H2,1H3,(H2,13,14,15,17). The van der Waals surface area contributed by atoms with Gasteiger partial charge in [0.15, 0.2) is 0 Å². The number of imidazole rings is 1. The number of nitrogens with zero attached hydrogens (tertiary/aromatic N) is 3. The van der Waals surface area contributed by atoms with Crippen LogP contribution in [0.15, 0.2) is 23.5 Å². The lowest BCUT2D eigenvalue weighted by Gasteiger charge is -2.06. The maximum atomic E-state index is 11.3. The van der Waals surface area contributed by atoms with E-state index in [4.69, 9.17) is 0 Å². The molecule has 0 bridgehead atoms. The van der Waals surface area contributed by atoms with Crippen LogP contribution in [0.25, 0.3) is 0 Å². The molecule has 0 saturated carbocycles. The van der Waals surface area contributed by atoms with Crippen LogP contribution in [0.5, 0.6) is 0 Å². The van der Waals surface area contributed by atoms with E-state index in [-0.39, 0.29) is 5.56 Å². The third kappa shape index (κ3) is 2.84. The van der Waals surface area contributed by atoms with Crippen molar-refractivity contribution in [3.05, 3.63) is 38.5 Å². The van der Waals surface area contributed by atoms with Gasteiger partial charge >= 0.3 is 0 Å². The molecule has 0 aliphatic heterocycles. The number of hydrogen-bond donors (Lipinski definition) is 2. The Kier molecular flexibility index (Phi) is 3.77. The van der Waals surface area contributed by atoms with Crippen molar-refractivity contribution in [3.63, 3.8) is 0 Å². The van der Waals surface area contributed by atoms with Crippen molar-refractivity contribution < 1.29 is 0 Å². The summed E-state index contributed by atoms with van der Waals surface area (Å²) >= 11 is 1.98. The molecule has 0 atom stereocenters. The highest BCUT2D eigenvalue weighted by molar-refractivity contribution is 14.1. The molecule has 7 heteroatoms. The highest BCUT2D eigenvalue weighted by Gasteiger charge is 2.05. The Balaban J connectivity index is 1.97. The summed E-state index contributed by atoms with van der Waals surface area (Å²) in [7, 11) is 1.96. The zero-order valence-corrected chi connectivity index (χ0v) is 11.4. The van der Waals surface area contributed by atoms with E-state index in [1.807, 2.05) is 40.4 Å². The number of H-pyrrole nitrogens is 1. The number of aromatic amines is 1. The molecular formula is C10H12IN5O. The van der Waals surface area contributed by atoms with Gasteiger partial charge in [0.05, 0.1) is 6.33 Å². The van der Waals surface area contributed by atoms with Gasteiger partial charge in [-0.15, -0.1) is 0 Å². The molecule has 0 radical (unpaired) electrons. The summed E-state index contributed by atoms with van der Waals surface area (Å²) in [6.07, 6.45) is 5.86. The second-order valence-electron chi connectivity index (χ2n) is 3.53. The number of aromatic nitrogens is 4.